The van der Waals surface area contributed by atoms with Crippen LogP contribution in [0.4, 0.5) is 0 Å². The lowest BCUT2D eigenvalue weighted by molar-refractivity contribution is -0.127. The third-order valence-corrected chi connectivity index (χ3v) is 8.83. The molecule has 5 nitrogen and oxygen atoms in total. The van der Waals surface area contributed by atoms with Crippen LogP contribution in [-0.4, -0.2) is 58.0 Å². The number of para-hydroxylation sites is 2. The third-order valence-electron chi connectivity index (χ3n) is 8.09. The largest absolute Gasteiger partial charge is 0.339 e. The Kier molecular flexibility index (Phi) is 8.53. The number of amides is 1. The van der Waals surface area contributed by atoms with E-state index in [4.69, 9.17) is 28.2 Å². The number of piperidine rings is 2. The van der Waals surface area contributed by atoms with Crippen molar-refractivity contribution in [2.75, 3.05) is 32.7 Å². The summed E-state index contributed by atoms with van der Waals surface area (Å²) in [5.74, 6) is 2.60. The fourth-order valence-electron chi connectivity index (χ4n) is 5.85. The van der Waals surface area contributed by atoms with Crippen LogP contribution in [0.1, 0.15) is 56.3 Å². The van der Waals surface area contributed by atoms with E-state index in [1.54, 1.807) is 18.2 Å². The molecule has 2 aromatic carbocycles. The average molecular weight is 540 g/mol. The summed E-state index contributed by atoms with van der Waals surface area (Å²) in [6.07, 6.45) is 9.22. The highest BCUT2D eigenvalue weighted by molar-refractivity contribution is 6.42. The van der Waals surface area contributed by atoms with E-state index in [2.05, 4.69) is 40.7 Å². The third kappa shape index (κ3) is 6.22. The minimum atomic E-state index is 0.0738. The molecule has 2 aliphatic heterocycles. The number of hydrogen-bond donors (Lipinski definition) is 0. The van der Waals surface area contributed by atoms with Gasteiger partial charge in [0.1, 0.15) is 5.82 Å². The number of rotatable bonds is 7. The van der Waals surface area contributed by atoms with Crippen molar-refractivity contribution in [3.05, 3.63) is 70.0 Å². The highest BCUT2D eigenvalue weighted by atomic mass is 35.5. The van der Waals surface area contributed by atoms with Gasteiger partial charge >= 0.3 is 0 Å². The van der Waals surface area contributed by atoms with Crippen molar-refractivity contribution in [3.63, 3.8) is 0 Å². The molecule has 3 heterocycles. The summed E-state index contributed by atoms with van der Waals surface area (Å²) in [7, 11) is 0. The minimum absolute atomic E-state index is 0.0738. The summed E-state index contributed by atoms with van der Waals surface area (Å²) in [5.41, 5.74) is 3.27. The van der Waals surface area contributed by atoms with E-state index in [9.17, 15) is 4.79 Å². The number of nitrogens with zero attached hydrogens (tertiary/aromatic N) is 4. The second kappa shape index (κ2) is 12.0. The van der Waals surface area contributed by atoms with Crippen LogP contribution < -0.4 is 0 Å². The molecule has 0 aliphatic carbocycles. The number of carbonyl (C=O) groups is 1. The topological polar surface area (TPSA) is 41.4 Å². The van der Waals surface area contributed by atoms with Gasteiger partial charge in [-0.25, -0.2) is 4.98 Å². The van der Waals surface area contributed by atoms with Crippen molar-refractivity contribution in [3.8, 4) is 0 Å². The second-order valence-electron chi connectivity index (χ2n) is 10.4. The Bertz CT molecular complexity index is 1250. The van der Waals surface area contributed by atoms with Crippen LogP contribution in [-0.2, 0) is 11.3 Å². The molecule has 2 saturated heterocycles. The predicted molar refractivity (Wildman–Crippen MR) is 153 cm³/mol. The summed E-state index contributed by atoms with van der Waals surface area (Å²) in [4.78, 5) is 22.3. The zero-order chi connectivity index (χ0) is 25.8. The number of likely N-dealkylation sites (tertiary alicyclic amines) is 2. The zero-order valence-electron chi connectivity index (χ0n) is 21.6. The van der Waals surface area contributed by atoms with Crippen molar-refractivity contribution in [2.45, 2.75) is 51.5 Å². The number of benzene rings is 2. The van der Waals surface area contributed by atoms with Crippen molar-refractivity contribution in [1.82, 2.24) is 19.4 Å². The van der Waals surface area contributed by atoms with Gasteiger partial charge in [-0.2, -0.15) is 0 Å². The van der Waals surface area contributed by atoms with Crippen molar-refractivity contribution in [1.29, 1.82) is 0 Å². The molecule has 1 aromatic heterocycles. The Morgan fingerprint density at radius 2 is 1.76 bits per heavy atom. The van der Waals surface area contributed by atoms with Crippen LogP contribution in [0, 0.1) is 5.92 Å². The molecule has 0 radical (unpaired) electrons. The summed E-state index contributed by atoms with van der Waals surface area (Å²) in [5, 5.41) is 1.02. The van der Waals surface area contributed by atoms with E-state index < -0.39 is 0 Å². The number of aryl methyl sites for hydroxylation is 1. The number of hydrogen-bond acceptors (Lipinski definition) is 3. The fraction of sp³-hybridized carbons (Fsp3) is 0.467. The smallest absolute Gasteiger partial charge is 0.246 e. The van der Waals surface area contributed by atoms with E-state index in [-0.39, 0.29) is 5.91 Å². The maximum Gasteiger partial charge on any atom is 0.246 e. The van der Waals surface area contributed by atoms with Gasteiger partial charge in [-0.1, -0.05) is 41.4 Å². The maximum absolute atomic E-state index is 12.7. The molecule has 2 fully saturated rings. The van der Waals surface area contributed by atoms with E-state index >= 15 is 0 Å². The highest BCUT2D eigenvalue weighted by Crippen LogP contribution is 2.31. The molecule has 5 rings (SSSR count). The minimum Gasteiger partial charge on any atom is -0.339 e. The molecule has 37 heavy (non-hydrogen) atoms. The van der Waals surface area contributed by atoms with Gasteiger partial charge in [0.2, 0.25) is 5.91 Å². The zero-order valence-corrected chi connectivity index (χ0v) is 23.1. The van der Waals surface area contributed by atoms with Crippen LogP contribution in [0.25, 0.3) is 17.1 Å². The number of halogens is 2. The molecule has 0 atom stereocenters. The van der Waals surface area contributed by atoms with Crippen molar-refractivity contribution in [2.24, 2.45) is 5.92 Å². The quantitative estimate of drug-likeness (QED) is 0.307. The first-order chi connectivity index (χ1) is 18.0. The Balaban J connectivity index is 1.05. The molecule has 2 aliphatic rings. The first kappa shape index (κ1) is 26.3. The van der Waals surface area contributed by atoms with Crippen molar-refractivity contribution < 1.29 is 4.79 Å². The summed E-state index contributed by atoms with van der Waals surface area (Å²) >= 11 is 12.0. The van der Waals surface area contributed by atoms with Crippen LogP contribution >= 0.6 is 23.2 Å². The molecular weight excluding hydrogens is 503 g/mol. The Morgan fingerprint density at radius 1 is 1.00 bits per heavy atom. The number of carbonyl (C=O) groups excluding carboxylic acids is 1. The van der Waals surface area contributed by atoms with Gasteiger partial charge in [0, 0.05) is 31.6 Å². The lowest BCUT2D eigenvalue weighted by Crippen LogP contribution is -2.39. The molecule has 0 unspecified atom stereocenters. The molecule has 0 bridgehead atoms. The molecule has 0 saturated carbocycles. The van der Waals surface area contributed by atoms with Gasteiger partial charge in [-0.05, 0) is 100 Å². The van der Waals surface area contributed by atoms with Crippen molar-refractivity contribution >= 4 is 46.2 Å². The number of aromatic nitrogens is 2. The highest BCUT2D eigenvalue weighted by Gasteiger charge is 2.27. The molecule has 0 N–H and O–H groups in total. The number of fused-ring (bicyclic) bond motifs is 1. The van der Waals surface area contributed by atoms with Gasteiger partial charge in [-0.3, -0.25) is 4.79 Å². The van der Waals surface area contributed by atoms with Gasteiger partial charge in [0.05, 0.1) is 21.1 Å². The van der Waals surface area contributed by atoms with E-state index in [0.29, 0.717) is 21.9 Å². The van der Waals surface area contributed by atoms with E-state index in [0.717, 1.165) is 63.2 Å². The predicted octanol–water partition coefficient (Wildman–Crippen LogP) is 6.88. The van der Waals surface area contributed by atoms with E-state index in [1.165, 1.54) is 30.6 Å². The van der Waals surface area contributed by atoms with Gasteiger partial charge in [0.25, 0.3) is 0 Å². The standard InChI is InChI=1S/C30H36Cl2N4O/c1-2-36-28-6-4-3-5-27(28)33-30(36)24-14-17-34(18-15-24)16-11-22-12-19-35(20-13-22)29(37)10-8-23-7-9-25(31)26(32)21-23/h3-10,21-22,24H,2,11-20H2,1H3/b10-8+. The average Bonchev–Trinajstić information content (AvgIpc) is 3.31. The maximum atomic E-state index is 12.7. The fourth-order valence-corrected chi connectivity index (χ4v) is 6.16. The molecule has 0 spiro atoms. The SMILES string of the molecule is CCn1c(C2CCN(CCC3CCN(C(=O)/C=C/c4ccc(Cl)c(Cl)c4)CC3)CC2)nc2ccccc21. The Morgan fingerprint density at radius 3 is 2.49 bits per heavy atom. The normalized spacial score (nSPS) is 18.3. The lowest BCUT2D eigenvalue weighted by atomic mass is 9.91. The lowest BCUT2D eigenvalue weighted by Gasteiger charge is -2.35. The summed E-state index contributed by atoms with van der Waals surface area (Å²) < 4.78 is 2.41. The molecule has 3 aromatic rings. The molecule has 196 valence electrons. The van der Waals surface area contributed by atoms with E-state index in [1.807, 2.05) is 17.0 Å². The molecule has 7 heteroatoms. The second-order valence-corrected chi connectivity index (χ2v) is 11.2. The van der Waals surface area contributed by atoms with Crippen LogP contribution in [0.5, 0.6) is 0 Å². The molecular formula is C30H36Cl2N4O. The number of imidazole rings is 1. The Hall–Kier alpha value is -2.34. The molecule has 1 amide bonds. The Labute approximate surface area is 230 Å². The first-order valence-electron chi connectivity index (χ1n) is 13.6. The van der Waals surface area contributed by atoms with Crippen LogP contribution in [0.2, 0.25) is 10.0 Å². The first-order valence-corrected chi connectivity index (χ1v) is 14.4. The summed E-state index contributed by atoms with van der Waals surface area (Å²) in [6, 6.07) is 13.9. The summed E-state index contributed by atoms with van der Waals surface area (Å²) in [6.45, 7) is 8.32. The van der Waals surface area contributed by atoms with Gasteiger partial charge < -0.3 is 14.4 Å². The van der Waals surface area contributed by atoms with Gasteiger partial charge in [0.15, 0.2) is 0 Å². The van der Waals surface area contributed by atoms with Gasteiger partial charge in [-0.15, -0.1) is 0 Å². The monoisotopic (exact) mass is 538 g/mol. The van der Waals surface area contributed by atoms with Crippen LogP contribution in [0.3, 0.4) is 0 Å². The van der Waals surface area contributed by atoms with Crippen LogP contribution in [0.15, 0.2) is 48.5 Å².